The molecule has 0 aromatic carbocycles. The molecule has 0 aliphatic heterocycles. The van der Waals surface area contributed by atoms with Crippen molar-refractivity contribution in [1.29, 1.82) is 0 Å². The van der Waals surface area contributed by atoms with Gasteiger partial charge in [0.2, 0.25) is 0 Å². The van der Waals surface area contributed by atoms with Gasteiger partial charge in [0.25, 0.3) is 0 Å². The highest BCUT2D eigenvalue weighted by Gasteiger charge is 2.02. The highest BCUT2D eigenvalue weighted by molar-refractivity contribution is 5.69. The maximum absolute atomic E-state index is 9.95. The summed E-state index contributed by atoms with van der Waals surface area (Å²) in [5.41, 5.74) is 0. The fraction of sp³-hybridized carbons (Fsp3) is 0.250. The van der Waals surface area contributed by atoms with Crippen molar-refractivity contribution in [2.75, 3.05) is 0 Å². The molecule has 48 valence electrons. The molecule has 1 aromatic rings. The molecule has 0 saturated heterocycles. The molecule has 0 spiro atoms. The molecule has 0 atom stereocenters. The van der Waals surface area contributed by atoms with Gasteiger partial charge in [-0.15, -0.1) is 5.10 Å². The minimum atomic E-state index is -0.950. The third-order valence-electron chi connectivity index (χ3n) is 0.732. The molecule has 0 radical (unpaired) electrons. The lowest BCUT2D eigenvalue weighted by molar-refractivity contribution is -0.136. The maximum Gasteiger partial charge on any atom is 0.311 e. The molecule has 1 N–H and O–H groups in total. The number of aliphatic carboxylic acids is 1. The van der Waals surface area contributed by atoms with Gasteiger partial charge in [-0.25, -0.2) is 0 Å². The van der Waals surface area contributed by atoms with Crippen molar-refractivity contribution >= 4 is 5.97 Å². The van der Waals surface area contributed by atoms with E-state index in [0.29, 0.717) is 0 Å². The van der Waals surface area contributed by atoms with Crippen LogP contribution in [0, 0.1) is 0 Å². The highest BCUT2D eigenvalue weighted by atomic mass is 16.5. The summed E-state index contributed by atoms with van der Waals surface area (Å²) in [6.45, 7) is 0. The molecular formula is C4H4N2O3. The number of hydrogen-bond donors (Lipinski definition) is 1. The highest BCUT2D eigenvalue weighted by Crippen LogP contribution is 1.93. The van der Waals surface area contributed by atoms with E-state index in [9.17, 15) is 4.79 Å². The van der Waals surface area contributed by atoms with Crippen LogP contribution in [-0.2, 0) is 11.2 Å². The third kappa shape index (κ3) is 1.52. The number of aromatic nitrogens is 2. The Bertz CT molecular complexity index is 194. The molecule has 1 rings (SSSR count). The van der Waals surface area contributed by atoms with Gasteiger partial charge >= 0.3 is 5.97 Å². The Hall–Kier alpha value is -1.39. The first-order valence-corrected chi connectivity index (χ1v) is 2.27. The molecule has 1 aromatic heterocycles. The van der Waals surface area contributed by atoms with Crippen molar-refractivity contribution in [1.82, 2.24) is 10.4 Å². The van der Waals surface area contributed by atoms with E-state index in [2.05, 4.69) is 14.9 Å². The molecule has 0 aliphatic carbocycles. The predicted molar refractivity (Wildman–Crippen MR) is 25.6 cm³/mol. The Balaban J connectivity index is 2.58. The maximum atomic E-state index is 9.95. The number of carboxylic acid groups (broad SMARTS) is 1. The summed E-state index contributed by atoms with van der Waals surface area (Å²) in [6, 6.07) is 0. The fourth-order valence-electron chi connectivity index (χ4n) is 0.415. The van der Waals surface area contributed by atoms with Crippen LogP contribution in [0.5, 0.6) is 0 Å². The second-order valence-corrected chi connectivity index (χ2v) is 1.45. The Morgan fingerprint density at radius 2 is 2.67 bits per heavy atom. The minimum Gasteiger partial charge on any atom is -0.481 e. The molecular weight excluding hydrogens is 124 g/mol. The first kappa shape index (κ1) is 5.74. The van der Waals surface area contributed by atoms with Gasteiger partial charge in [-0.3, -0.25) is 4.79 Å². The smallest absolute Gasteiger partial charge is 0.311 e. The van der Waals surface area contributed by atoms with Crippen LogP contribution >= 0.6 is 0 Å². The van der Waals surface area contributed by atoms with Gasteiger partial charge in [-0.2, -0.15) is 0 Å². The number of carbonyl (C=O) groups is 1. The van der Waals surface area contributed by atoms with Crippen LogP contribution in [-0.4, -0.2) is 21.4 Å². The summed E-state index contributed by atoms with van der Waals surface area (Å²) in [5.74, 6) is -0.684. The average molecular weight is 128 g/mol. The average Bonchev–Trinajstić information content (AvgIpc) is 2.15. The van der Waals surface area contributed by atoms with Gasteiger partial charge in [0, 0.05) is 5.27 Å². The Morgan fingerprint density at radius 3 is 3.11 bits per heavy atom. The van der Waals surface area contributed by atoms with Gasteiger partial charge in [0.05, 0.1) is 6.20 Å². The second kappa shape index (κ2) is 2.25. The van der Waals surface area contributed by atoms with Crippen molar-refractivity contribution in [3.05, 3.63) is 12.0 Å². The van der Waals surface area contributed by atoms with Crippen LogP contribution in [0.3, 0.4) is 0 Å². The number of nitrogens with zero attached hydrogens (tertiary/aromatic N) is 2. The van der Waals surface area contributed by atoms with Crippen molar-refractivity contribution in [3.8, 4) is 0 Å². The van der Waals surface area contributed by atoms with E-state index in [1.807, 2.05) is 0 Å². The molecule has 9 heavy (non-hydrogen) atoms. The van der Waals surface area contributed by atoms with Crippen molar-refractivity contribution in [3.63, 3.8) is 0 Å². The number of rotatable bonds is 2. The lowest BCUT2D eigenvalue weighted by Gasteiger charge is -1.81. The summed E-state index contributed by atoms with van der Waals surface area (Å²) in [4.78, 5) is 9.95. The topological polar surface area (TPSA) is 76.2 Å². The van der Waals surface area contributed by atoms with E-state index in [1.54, 1.807) is 0 Å². The first-order valence-electron chi connectivity index (χ1n) is 2.27. The zero-order valence-corrected chi connectivity index (χ0v) is 4.44. The van der Waals surface area contributed by atoms with Gasteiger partial charge in [0.15, 0.2) is 5.76 Å². The molecule has 1 heterocycles. The predicted octanol–water partition coefficient (Wildman–Crippen LogP) is -0.303. The Morgan fingerprint density at radius 1 is 1.89 bits per heavy atom. The molecule has 0 unspecified atom stereocenters. The van der Waals surface area contributed by atoms with Gasteiger partial charge < -0.3 is 9.63 Å². The lowest BCUT2D eigenvalue weighted by Crippen LogP contribution is -1.97. The Kier molecular flexibility index (Phi) is 1.44. The number of carboxylic acids is 1. The molecule has 0 bridgehead atoms. The van der Waals surface area contributed by atoms with E-state index in [4.69, 9.17) is 5.11 Å². The van der Waals surface area contributed by atoms with Crippen LogP contribution in [0.25, 0.3) is 0 Å². The van der Waals surface area contributed by atoms with Crippen LogP contribution in [0.15, 0.2) is 10.7 Å². The summed E-state index contributed by atoms with van der Waals surface area (Å²) in [6.07, 6.45) is 1.11. The molecule has 5 nitrogen and oxygen atoms in total. The lowest BCUT2D eigenvalue weighted by atomic mass is 10.4. The Labute approximate surface area is 50.3 Å². The van der Waals surface area contributed by atoms with Gasteiger partial charge in [-0.1, -0.05) is 0 Å². The normalized spacial score (nSPS) is 9.33. The largest absolute Gasteiger partial charge is 0.481 e. The summed E-state index contributed by atoms with van der Waals surface area (Å²) in [5, 5.41) is 14.6. The summed E-state index contributed by atoms with van der Waals surface area (Å²) in [7, 11) is 0. The standard InChI is InChI=1S/C4H4N2O3/c7-4(8)1-3-2-5-6-9-3/h2H,1H2,(H,7,8). The SMILES string of the molecule is O=C(O)Cc1cnno1. The van der Waals surface area contributed by atoms with Gasteiger partial charge in [-0.05, 0) is 0 Å². The third-order valence-corrected chi connectivity index (χ3v) is 0.732. The van der Waals surface area contributed by atoms with E-state index in [0.717, 1.165) is 0 Å². The zero-order chi connectivity index (χ0) is 6.69. The van der Waals surface area contributed by atoms with Crippen molar-refractivity contribution in [2.24, 2.45) is 0 Å². The van der Waals surface area contributed by atoms with Crippen LogP contribution in [0.4, 0.5) is 0 Å². The summed E-state index contributed by atoms with van der Waals surface area (Å²) >= 11 is 0. The van der Waals surface area contributed by atoms with Crippen molar-refractivity contribution < 1.29 is 14.4 Å². The molecule has 0 saturated carbocycles. The molecule has 0 aliphatic rings. The summed E-state index contributed by atoms with van der Waals surface area (Å²) < 4.78 is 4.40. The second-order valence-electron chi connectivity index (χ2n) is 1.45. The van der Waals surface area contributed by atoms with Gasteiger partial charge in [0.1, 0.15) is 6.42 Å². The molecule has 5 heteroatoms. The number of hydrogen-bond acceptors (Lipinski definition) is 4. The first-order chi connectivity index (χ1) is 4.29. The quantitative estimate of drug-likeness (QED) is 0.591. The van der Waals surface area contributed by atoms with E-state index >= 15 is 0 Å². The van der Waals surface area contributed by atoms with E-state index in [-0.39, 0.29) is 12.2 Å². The van der Waals surface area contributed by atoms with Crippen LogP contribution in [0.1, 0.15) is 5.76 Å². The van der Waals surface area contributed by atoms with E-state index in [1.165, 1.54) is 6.20 Å². The van der Waals surface area contributed by atoms with Crippen molar-refractivity contribution in [2.45, 2.75) is 6.42 Å². The van der Waals surface area contributed by atoms with Crippen LogP contribution in [0.2, 0.25) is 0 Å². The molecule has 0 fully saturated rings. The fourth-order valence-corrected chi connectivity index (χ4v) is 0.415. The zero-order valence-electron chi connectivity index (χ0n) is 4.44. The van der Waals surface area contributed by atoms with E-state index < -0.39 is 5.97 Å². The molecule has 0 amide bonds. The monoisotopic (exact) mass is 128 g/mol. The minimum absolute atomic E-state index is 0.160. The van der Waals surface area contributed by atoms with Crippen LogP contribution < -0.4 is 0 Å².